The van der Waals surface area contributed by atoms with Gasteiger partial charge in [-0.05, 0) is 18.6 Å². The van der Waals surface area contributed by atoms with Crippen LogP contribution >= 0.6 is 0 Å². The van der Waals surface area contributed by atoms with E-state index in [4.69, 9.17) is 0 Å². The molecule has 3 nitrogen and oxygen atoms in total. The standard InChI is InChI=1S/C12H14O3/c1-2-15-12(14)11(13)9-8-10-6-4-3-5-7-10/h3-9,11,13H,2H2,1H3/t11-/m1/s1. The zero-order valence-electron chi connectivity index (χ0n) is 8.59. The summed E-state index contributed by atoms with van der Waals surface area (Å²) in [6.07, 6.45) is 1.90. The van der Waals surface area contributed by atoms with Gasteiger partial charge in [0.2, 0.25) is 0 Å². The molecule has 0 aliphatic heterocycles. The smallest absolute Gasteiger partial charge is 0.339 e. The van der Waals surface area contributed by atoms with Crippen LogP contribution in [-0.4, -0.2) is 23.8 Å². The van der Waals surface area contributed by atoms with Crippen molar-refractivity contribution in [2.45, 2.75) is 13.0 Å². The van der Waals surface area contributed by atoms with E-state index >= 15 is 0 Å². The molecule has 3 heteroatoms. The van der Waals surface area contributed by atoms with Crippen LogP contribution in [0.3, 0.4) is 0 Å². The predicted molar refractivity (Wildman–Crippen MR) is 58.1 cm³/mol. The van der Waals surface area contributed by atoms with Crippen molar-refractivity contribution < 1.29 is 14.6 Å². The van der Waals surface area contributed by atoms with Gasteiger partial charge in [-0.3, -0.25) is 0 Å². The molecular formula is C12H14O3. The van der Waals surface area contributed by atoms with Crippen LogP contribution in [0.5, 0.6) is 0 Å². The highest BCUT2D eigenvalue weighted by Crippen LogP contribution is 2.02. The Labute approximate surface area is 89.0 Å². The third kappa shape index (κ3) is 3.95. The number of ether oxygens (including phenoxy) is 1. The summed E-state index contributed by atoms with van der Waals surface area (Å²) in [5.74, 6) is -0.621. The van der Waals surface area contributed by atoms with Crippen molar-refractivity contribution >= 4 is 12.0 Å². The summed E-state index contributed by atoms with van der Waals surface area (Å²) in [6, 6.07) is 9.44. The third-order valence-corrected chi connectivity index (χ3v) is 1.80. The first-order valence-electron chi connectivity index (χ1n) is 4.82. The largest absolute Gasteiger partial charge is 0.464 e. The molecule has 0 saturated carbocycles. The van der Waals surface area contributed by atoms with Crippen LogP contribution in [0.15, 0.2) is 36.4 Å². The van der Waals surface area contributed by atoms with Gasteiger partial charge in [-0.1, -0.05) is 36.4 Å². The monoisotopic (exact) mass is 206 g/mol. The molecule has 1 aromatic rings. The quantitative estimate of drug-likeness (QED) is 0.761. The molecule has 1 rings (SSSR count). The van der Waals surface area contributed by atoms with Crippen LogP contribution in [0.25, 0.3) is 6.08 Å². The summed E-state index contributed by atoms with van der Waals surface area (Å²) in [5.41, 5.74) is 0.931. The van der Waals surface area contributed by atoms with E-state index in [-0.39, 0.29) is 6.61 Å². The van der Waals surface area contributed by atoms with Gasteiger partial charge in [0.1, 0.15) is 0 Å². The summed E-state index contributed by atoms with van der Waals surface area (Å²) in [6.45, 7) is 1.97. The molecule has 0 radical (unpaired) electrons. The molecule has 1 N–H and O–H groups in total. The highest BCUT2D eigenvalue weighted by molar-refractivity contribution is 5.77. The molecule has 0 aliphatic carbocycles. The molecule has 0 bridgehead atoms. The van der Waals surface area contributed by atoms with E-state index in [0.717, 1.165) is 5.56 Å². The number of esters is 1. The molecular weight excluding hydrogens is 192 g/mol. The normalized spacial score (nSPS) is 12.7. The molecule has 0 aromatic heterocycles. The molecule has 15 heavy (non-hydrogen) atoms. The number of carbonyl (C=O) groups is 1. The fourth-order valence-electron chi connectivity index (χ4n) is 1.07. The van der Waals surface area contributed by atoms with Crippen LogP contribution in [0, 0.1) is 0 Å². The molecule has 1 aromatic carbocycles. The zero-order valence-corrected chi connectivity index (χ0v) is 8.59. The van der Waals surface area contributed by atoms with E-state index in [1.165, 1.54) is 6.08 Å². The minimum Gasteiger partial charge on any atom is -0.464 e. The SMILES string of the molecule is CCOC(=O)[C@H](O)C=Cc1ccccc1. The Balaban J connectivity index is 2.54. The van der Waals surface area contributed by atoms with Gasteiger partial charge in [0, 0.05) is 0 Å². The maximum Gasteiger partial charge on any atom is 0.339 e. The maximum atomic E-state index is 11.0. The third-order valence-electron chi connectivity index (χ3n) is 1.80. The Bertz CT molecular complexity index is 330. The second-order valence-electron chi connectivity index (χ2n) is 2.97. The van der Waals surface area contributed by atoms with Crippen molar-refractivity contribution in [3.8, 4) is 0 Å². The van der Waals surface area contributed by atoms with Gasteiger partial charge in [0.15, 0.2) is 6.10 Å². The lowest BCUT2D eigenvalue weighted by atomic mass is 10.2. The van der Waals surface area contributed by atoms with Crippen molar-refractivity contribution in [2.75, 3.05) is 6.61 Å². The van der Waals surface area contributed by atoms with Crippen molar-refractivity contribution in [2.24, 2.45) is 0 Å². The van der Waals surface area contributed by atoms with Gasteiger partial charge in [0.05, 0.1) is 6.61 Å². The molecule has 0 saturated heterocycles. The molecule has 0 fully saturated rings. The Kier molecular flexibility index (Phi) is 4.57. The minimum absolute atomic E-state index is 0.273. The second-order valence-corrected chi connectivity index (χ2v) is 2.97. The van der Waals surface area contributed by atoms with Crippen molar-refractivity contribution in [1.82, 2.24) is 0 Å². The van der Waals surface area contributed by atoms with E-state index in [2.05, 4.69) is 4.74 Å². The van der Waals surface area contributed by atoms with E-state index in [9.17, 15) is 9.90 Å². The summed E-state index contributed by atoms with van der Waals surface area (Å²) in [7, 11) is 0. The molecule has 0 spiro atoms. The first-order chi connectivity index (χ1) is 7.24. The summed E-state index contributed by atoms with van der Waals surface area (Å²) >= 11 is 0. The molecule has 80 valence electrons. The second kappa shape index (κ2) is 5.98. The number of hydrogen-bond donors (Lipinski definition) is 1. The number of hydrogen-bond acceptors (Lipinski definition) is 3. The molecule has 0 amide bonds. The minimum atomic E-state index is -1.19. The van der Waals surface area contributed by atoms with E-state index in [1.807, 2.05) is 30.3 Å². The highest BCUT2D eigenvalue weighted by Gasteiger charge is 2.11. The lowest BCUT2D eigenvalue weighted by Crippen LogP contribution is -2.20. The first kappa shape index (κ1) is 11.5. The van der Waals surface area contributed by atoms with Crippen LogP contribution < -0.4 is 0 Å². The lowest BCUT2D eigenvalue weighted by Gasteiger charge is -2.04. The van der Waals surface area contributed by atoms with Gasteiger partial charge >= 0.3 is 5.97 Å². The summed E-state index contributed by atoms with van der Waals surface area (Å²) in [4.78, 5) is 11.0. The van der Waals surface area contributed by atoms with Gasteiger partial charge < -0.3 is 9.84 Å². The van der Waals surface area contributed by atoms with Gasteiger partial charge in [-0.15, -0.1) is 0 Å². The Morgan fingerprint density at radius 1 is 1.47 bits per heavy atom. The number of rotatable bonds is 4. The van der Waals surface area contributed by atoms with Crippen LogP contribution in [0.4, 0.5) is 0 Å². The number of carbonyl (C=O) groups excluding carboxylic acids is 1. The van der Waals surface area contributed by atoms with Gasteiger partial charge in [-0.2, -0.15) is 0 Å². The van der Waals surface area contributed by atoms with Crippen molar-refractivity contribution in [3.05, 3.63) is 42.0 Å². The molecule has 0 aliphatic rings. The van der Waals surface area contributed by atoms with Crippen LogP contribution in [0.2, 0.25) is 0 Å². The van der Waals surface area contributed by atoms with Crippen molar-refractivity contribution in [3.63, 3.8) is 0 Å². The average Bonchev–Trinajstić information content (AvgIpc) is 2.27. The lowest BCUT2D eigenvalue weighted by molar-refractivity contribution is -0.150. The van der Waals surface area contributed by atoms with Gasteiger partial charge in [0.25, 0.3) is 0 Å². The maximum absolute atomic E-state index is 11.0. The molecule has 0 unspecified atom stereocenters. The number of benzene rings is 1. The summed E-state index contributed by atoms with van der Waals surface area (Å²) < 4.78 is 4.65. The fourth-order valence-corrected chi connectivity index (χ4v) is 1.07. The average molecular weight is 206 g/mol. The highest BCUT2D eigenvalue weighted by atomic mass is 16.5. The summed E-state index contributed by atoms with van der Waals surface area (Å²) in [5, 5.41) is 9.35. The Hall–Kier alpha value is -1.61. The van der Waals surface area contributed by atoms with E-state index in [0.29, 0.717) is 0 Å². The van der Waals surface area contributed by atoms with Crippen LogP contribution in [-0.2, 0) is 9.53 Å². The van der Waals surface area contributed by atoms with Crippen LogP contribution in [0.1, 0.15) is 12.5 Å². The van der Waals surface area contributed by atoms with E-state index in [1.54, 1.807) is 13.0 Å². The number of aliphatic hydroxyl groups is 1. The molecule has 1 atom stereocenters. The fraction of sp³-hybridized carbons (Fsp3) is 0.250. The predicted octanol–water partition coefficient (Wildman–Crippen LogP) is 1.62. The van der Waals surface area contributed by atoms with E-state index < -0.39 is 12.1 Å². The zero-order chi connectivity index (χ0) is 11.1. The van der Waals surface area contributed by atoms with Gasteiger partial charge in [-0.25, -0.2) is 4.79 Å². The Morgan fingerprint density at radius 2 is 2.13 bits per heavy atom. The molecule has 0 heterocycles. The topological polar surface area (TPSA) is 46.5 Å². The number of aliphatic hydroxyl groups excluding tert-OH is 1. The van der Waals surface area contributed by atoms with Crippen molar-refractivity contribution in [1.29, 1.82) is 0 Å². The Morgan fingerprint density at radius 3 is 2.73 bits per heavy atom. The first-order valence-corrected chi connectivity index (χ1v) is 4.82.